The van der Waals surface area contributed by atoms with Gasteiger partial charge in [-0.2, -0.15) is 0 Å². The summed E-state index contributed by atoms with van der Waals surface area (Å²) in [4.78, 5) is 37.8. The number of carboxylic acid groups (broad SMARTS) is 1. The minimum Gasteiger partial charge on any atom is -0.481 e. The first-order chi connectivity index (χ1) is 16.9. The van der Waals surface area contributed by atoms with Gasteiger partial charge >= 0.3 is 12.1 Å². The average molecular weight is 479 g/mol. The lowest BCUT2D eigenvalue weighted by Gasteiger charge is -2.32. The van der Waals surface area contributed by atoms with Crippen molar-refractivity contribution < 1.29 is 24.2 Å². The number of ether oxygens (including phenoxy) is 1. The predicted molar refractivity (Wildman–Crippen MR) is 133 cm³/mol. The Morgan fingerprint density at radius 1 is 1.00 bits per heavy atom. The Kier molecular flexibility index (Phi) is 8.06. The molecule has 2 unspecified atom stereocenters. The van der Waals surface area contributed by atoms with Crippen LogP contribution in [0.3, 0.4) is 0 Å². The largest absolute Gasteiger partial charge is 0.481 e. The normalized spacial score (nSPS) is 18.9. The zero-order chi connectivity index (χ0) is 24.8. The standard InChI is InChI=1S/C28H34N2O5/c1-30(16-8-15-27(32)33)26(31)17-19-9-2-7-14-25(19)29-28(34)35-18-24-22-12-5-3-10-20(22)21-11-4-6-13-23(21)24/h3-6,10-13,19,24-25H,2,7-9,14-18H2,1H3,(H,29,34)(H,32,33). The van der Waals surface area contributed by atoms with Crippen molar-refractivity contribution in [3.8, 4) is 11.1 Å². The molecule has 7 nitrogen and oxygen atoms in total. The van der Waals surface area contributed by atoms with Crippen molar-refractivity contribution in [1.82, 2.24) is 10.2 Å². The molecule has 2 aromatic carbocycles. The number of rotatable bonds is 9. The molecule has 2 aliphatic carbocycles. The summed E-state index contributed by atoms with van der Waals surface area (Å²) in [6, 6.07) is 16.4. The van der Waals surface area contributed by atoms with Gasteiger partial charge in [0.05, 0.1) is 0 Å². The molecule has 35 heavy (non-hydrogen) atoms. The summed E-state index contributed by atoms with van der Waals surface area (Å²) in [5, 5.41) is 11.8. The highest BCUT2D eigenvalue weighted by Gasteiger charge is 2.32. The van der Waals surface area contributed by atoms with Gasteiger partial charge in [-0.1, -0.05) is 61.4 Å². The van der Waals surface area contributed by atoms with Gasteiger partial charge in [-0.3, -0.25) is 9.59 Å². The summed E-state index contributed by atoms with van der Waals surface area (Å²) in [7, 11) is 1.71. The molecule has 2 aliphatic rings. The maximum Gasteiger partial charge on any atom is 0.407 e. The van der Waals surface area contributed by atoms with Crippen LogP contribution in [0.4, 0.5) is 4.79 Å². The fourth-order valence-corrected chi connectivity index (χ4v) is 5.41. The molecule has 0 radical (unpaired) electrons. The average Bonchev–Trinajstić information content (AvgIpc) is 3.17. The number of nitrogens with zero attached hydrogens (tertiary/aromatic N) is 1. The molecule has 186 valence electrons. The molecule has 2 aromatic rings. The Morgan fingerprint density at radius 3 is 2.29 bits per heavy atom. The summed E-state index contributed by atoms with van der Waals surface area (Å²) in [6.45, 7) is 0.685. The molecular formula is C28H34N2O5. The molecule has 2 N–H and O–H groups in total. The molecule has 4 rings (SSSR count). The molecule has 2 amide bonds. The van der Waals surface area contributed by atoms with Crippen LogP contribution in [0, 0.1) is 5.92 Å². The molecule has 0 aromatic heterocycles. The molecule has 7 heteroatoms. The van der Waals surface area contributed by atoms with Crippen LogP contribution in [0.5, 0.6) is 0 Å². The number of hydrogen-bond donors (Lipinski definition) is 2. The fraction of sp³-hybridized carbons (Fsp3) is 0.464. The summed E-state index contributed by atoms with van der Waals surface area (Å²) >= 11 is 0. The van der Waals surface area contributed by atoms with Crippen molar-refractivity contribution >= 4 is 18.0 Å². The van der Waals surface area contributed by atoms with E-state index in [4.69, 9.17) is 9.84 Å². The Balaban J connectivity index is 1.32. The van der Waals surface area contributed by atoms with Crippen LogP contribution in [0.25, 0.3) is 11.1 Å². The second-order valence-corrected chi connectivity index (χ2v) is 9.64. The molecule has 1 saturated carbocycles. The summed E-state index contributed by atoms with van der Waals surface area (Å²) in [5.41, 5.74) is 4.73. The minimum atomic E-state index is -0.856. The lowest BCUT2D eigenvalue weighted by atomic mass is 9.82. The first kappa shape index (κ1) is 24.8. The van der Waals surface area contributed by atoms with E-state index in [0.717, 1.165) is 25.7 Å². The van der Waals surface area contributed by atoms with Gasteiger partial charge in [-0.25, -0.2) is 4.79 Å². The number of alkyl carbamates (subject to hydrolysis) is 1. The highest BCUT2D eigenvalue weighted by atomic mass is 16.5. The quantitative estimate of drug-likeness (QED) is 0.540. The van der Waals surface area contributed by atoms with Crippen LogP contribution < -0.4 is 5.32 Å². The Morgan fingerprint density at radius 2 is 1.63 bits per heavy atom. The zero-order valence-electron chi connectivity index (χ0n) is 20.2. The third-order valence-corrected chi connectivity index (χ3v) is 7.30. The summed E-state index contributed by atoms with van der Waals surface area (Å²) in [5.74, 6) is -0.804. The van der Waals surface area contributed by atoms with E-state index in [1.54, 1.807) is 11.9 Å². The van der Waals surface area contributed by atoms with Crippen LogP contribution in [0.1, 0.15) is 62.0 Å². The Labute approximate surface area is 206 Å². The molecule has 2 atom stereocenters. The number of carboxylic acids is 1. The van der Waals surface area contributed by atoms with Crippen LogP contribution in [-0.2, 0) is 14.3 Å². The number of fused-ring (bicyclic) bond motifs is 3. The smallest absolute Gasteiger partial charge is 0.407 e. The van der Waals surface area contributed by atoms with Crippen LogP contribution in [-0.4, -0.2) is 54.2 Å². The molecule has 0 aliphatic heterocycles. The van der Waals surface area contributed by atoms with Gasteiger partial charge in [0.2, 0.25) is 5.91 Å². The summed E-state index contributed by atoms with van der Waals surface area (Å²) < 4.78 is 5.72. The maximum absolute atomic E-state index is 12.8. The van der Waals surface area contributed by atoms with Gasteiger partial charge < -0.3 is 20.1 Å². The van der Waals surface area contributed by atoms with Gasteiger partial charge in [0.15, 0.2) is 0 Å². The van der Waals surface area contributed by atoms with E-state index in [0.29, 0.717) is 19.4 Å². The van der Waals surface area contributed by atoms with E-state index >= 15 is 0 Å². The monoisotopic (exact) mass is 478 g/mol. The zero-order valence-corrected chi connectivity index (χ0v) is 20.2. The van der Waals surface area contributed by atoms with E-state index in [9.17, 15) is 14.4 Å². The number of amides is 2. The van der Waals surface area contributed by atoms with Crippen molar-refractivity contribution in [2.75, 3.05) is 20.2 Å². The van der Waals surface area contributed by atoms with Crippen molar-refractivity contribution in [1.29, 1.82) is 0 Å². The van der Waals surface area contributed by atoms with E-state index in [-0.39, 0.29) is 36.8 Å². The number of benzene rings is 2. The first-order valence-corrected chi connectivity index (χ1v) is 12.5. The molecular weight excluding hydrogens is 444 g/mol. The number of carbonyl (C=O) groups is 3. The molecule has 0 bridgehead atoms. The first-order valence-electron chi connectivity index (χ1n) is 12.5. The lowest BCUT2D eigenvalue weighted by molar-refractivity contribution is -0.138. The third-order valence-electron chi connectivity index (χ3n) is 7.30. The number of hydrogen-bond acceptors (Lipinski definition) is 4. The minimum absolute atomic E-state index is 0.0105. The number of carbonyl (C=O) groups excluding carboxylic acids is 2. The topological polar surface area (TPSA) is 95.9 Å². The predicted octanol–water partition coefficient (Wildman–Crippen LogP) is 4.80. The van der Waals surface area contributed by atoms with Gasteiger partial charge in [0.1, 0.15) is 6.61 Å². The number of nitrogens with one attached hydrogen (secondary N) is 1. The highest BCUT2D eigenvalue weighted by Crippen LogP contribution is 2.44. The van der Waals surface area contributed by atoms with E-state index in [1.807, 2.05) is 24.3 Å². The lowest BCUT2D eigenvalue weighted by Crippen LogP contribution is -2.44. The SMILES string of the molecule is CN(CCCC(=O)O)C(=O)CC1CCCCC1NC(=O)OCC1c2ccccc2-c2ccccc21. The highest BCUT2D eigenvalue weighted by molar-refractivity contribution is 5.79. The van der Waals surface area contributed by atoms with Crippen molar-refractivity contribution in [3.63, 3.8) is 0 Å². The molecule has 0 heterocycles. The van der Waals surface area contributed by atoms with Crippen LogP contribution in [0.15, 0.2) is 48.5 Å². The van der Waals surface area contributed by atoms with E-state index in [2.05, 4.69) is 29.6 Å². The third kappa shape index (κ3) is 6.02. The molecule has 0 spiro atoms. The van der Waals surface area contributed by atoms with E-state index in [1.165, 1.54) is 22.3 Å². The van der Waals surface area contributed by atoms with Gasteiger partial charge in [0, 0.05) is 38.4 Å². The van der Waals surface area contributed by atoms with E-state index < -0.39 is 12.1 Å². The Hall–Kier alpha value is -3.35. The van der Waals surface area contributed by atoms with Crippen LogP contribution in [0.2, 0.25) is 0 Å². The number of aliphatic carboxylic acids is 1. The summed E-state index contributed by atoms with van der Waals surface area (Å²) in [6.07, 6.45) is 4.13. The second kappa shape index (κ2) is 11.4. The molecule has 0 saturated heterocycles. The molecule has 1 fully saturated rings. The van der Waals surface area contributed by atoms with Gasteiger partial charge in [-0.05, 0) is 47.4 Å². The van der Waals surface area contributed by atoms with Crippen molar-refractivity contribution in [3.05, 3.63) is 59.7 Å². The van der Waals surface area contributed by atoms with Crippen LogP contribution >= 0.6 is 0 Å². The maximum atomic E-state index is 12.8. The van der Waals surface area contributed by atoms with Crippen molar-refractivity contribution in [2.24, 2.45) is 5.92 Å². The fourth-order valence-electron chi connectivity index (χ4n) is 5.41. The van der Waals surface area contributed by atoms with Crippen molar-refractivity contribution in [2.45, 2.75) is 56.9 Å². The van der Waals surface area contributed by atoms with Gasteiger partial charge in [0.25, 0.3) is 0 Å². The second-order valence-electron chi connectivity index (χ2n) is 9.64. The Bertz CT molecular complexity index is 1020. The van der Waals surface area contributed by atoms with Gasteiger partial charge in [-0.15, -0.1) is 0 Å².